The first kappa shape index (κ1) is 22.1. The van der Waals surface area contributed by atoms with Gasteiger partial charge in [0.05, 0.1) is 12.2 Å². The second-order valence-corrected chi connectivity index (χ2v) is 8.51. The lowest BCUT2D eigenvalue weighted by Gasteiger charge is -2.17. The smallest absolute Gasteiger partial charge is 0.226 e. The molecule has 0 aliphatic carbocycles. The van der Waals surface area contributed by atoms with Crippen molar-refractivity contribution in [3.05, 3.63) is 77.7 Å². The Kier molecular flexibility index (Phi) is 7.56. The van der Waals surface area contributed by atoms with Crippen molar-refractivity contribution in [2.75, 3.05) is 33.2 Å². The number of guanidine groups is 1. The van der Waals surface area contributed by atoms with Gasteiger partial charge in [0, 0.05) is 32.2 Å². The molecule has 1 saturated heterocycles. The molecule has 168 valence electrons. The van der Waals surface area contributed by atoms with E-state index >= 15 is 0 Å². The second kappa shape index (κ2) is 11.0. The van der Waals surface area contributed by atoms with Crippen LogP contribution in [0.4, 0.5) is 0 Å². The molecule has 0 amide bonds. The Morgan fingerprint density at radius 2 is 1.94 bits per heavy atom. The number of oxazole rings is 1. The first-order valence-electron chi connectivity index (χ1n) is 11.4. The van der Waals surface area contributed by atoms with Gasteiger partial charge in [0.15, 0.2) is 5.96 Å². The van der Waals surface area contributed by atoms with Crippen LogP contribution in [0, 0.1) is 12.8 Å². The number of rotatable bonds is 8. The van der Waals surface area contributed by atoms with Crippen molar-refractivity contribution >= 4 is 5.96 Å². The number of benzene rings is 2. The lowest BCUT2D eigenvalue weighted by molar-refractivity contribution is 0.328. The van der Waals surface area contributed by atoms with Crippen molar-refractivity contribution < 1.29 is 4.42 Å². The van der Waals surface area contributed by atoms with Crippen LogP contribution in [0.25, 0.3) is 11.5 Å². The highest BCUT2D eigenvalue weighted by molar-refractivity contribution is 5.79. The topological polar surface area (TPSA) is 65.7 Å². The first-order valence-corrected chi connectivity index (χ1v) is 11.4. The third kappa shape index (κ3) is 6.20. The summed E-state index contributed by atoms with van der Waals surface area (Å²) in [6.45, 7) is 7.01. The zero-order chi connectivity index (χ0) is 22.2. The van der Waals surface area contributed by atoms with E-state index in [1.807, 2.05) is 12.1 Å². The molecule has 2 heterocycles. The van der Waals surface area contributed by atoms with E-state index in [1.54, 1.807) is 13.3 Å². The fourth-order valence-corrected chi connectivity index (χ4v) is 4.07. The van der Waals surface area contributed by atoms with Crippen molar-refractivity contribution in [2.45, 2.75) is 26.3 Å². The number of nitrogens with zero attached hydrogens (tertiary/aromatic N) is 3. The third-order valence-electron chi connectivity index (χ3n) is 6.00. The Hall–Kier alpha value is -3.12. The van der Waals surface area contributed by atoms with Gasteiger partial charge in [-0.15, -0.1) is 0 Å². The zero-order valence-corrected chi connectivity index (χ0v) is 19.1. The molecule has 1 aliphatic heterocycles. The highest BCUT2D eigenvalue weighted by Crippen LogP contribution is 2.19. The number of aliphatic imine (C=N–C) groups is 1. The molecule has 0 radical (unpaired) electrons. The van der Waals surface area contributed by atoms with Crippen LogP contribution < -0.4 is 10.6 Å². The first-order chi connectivity index (χ1) is 15.7. The van der Waals surface area contributed by atoms with Crippen LogP contribution in [0.5, 0.6) is 0 Å². The van der Waals surface area contributed by atoms with Gasteiger partial charge in [-0.2, -0.15) is 0 Å². The molecule has 6 heteroatoms. The molecule has 2 aromatic carbocycles. The molecule has 1 atom stereocenters. The van der Waals surface area contributed by atoms with Gasteiger partial charge < -0.3 is 20.0 Å². The maximum atomic E-state index is 5.65. The van der Waals surface area contributed by atoms with Gasteiger partial charge in [0.2, 0.25) is 5.89 Å². The minimum absolute atomic E-state index is 0.572. The average Bonchev–Trinajstić information content (AvgIpc) is 3.49. The van der Waals surface area contributed by atoms with E-state index in [1.165, 1.54) is 24.1 Å². The fraction of sp³-hybridized carbons (Fsp3) is 0.385. The molecular formula is C26H33N5O. The van der Waals surface area contributed by atoms with Crippen LogP contribution in [0.15, 0.2) is 70.3 Å². The molecule has 0 spiro atoms. The lowest BCUT2D eigenvalue weighted by Crippen LogP contribution is -2.40. The van der Waals surface area contributed by atoms with Crippen LogP contribution in [-0.4, -0.2) is 49.1 Å². The van der Waals surface area contributed by atoms with Gasteiger partial charge in [0.1, 0.15) is 6.26 Å². The monoisotopic (exact) mass is 431 g/mol. The molecule has 1 aromatic heterocycles. The van der Waals surface area contributed by atoms with Crippen LogP contribution in [0.2, 0.25) is 0 Å². The molecule has 1 unspecified atom stereocenters. The van der Waals surface area contributed by atoms with Crippen molar-refractivity contribution in [2.24, 2.45) is 10.9 Å². The van der Waals surface area contributed by atoms with E-state index in [0.29, 0.717) is 18.4 Å². The molecule has 0 saturated carbocycles. The second-order valence-electron chi connectivity index (χ2n) is 8.51. The summed E-state index contributed by atoms with van der Waals surface area (Å²) in [5, 5.41) is 6.82. The van der Waals surface area contributed by atoms with Gasteiger partial charge in [-0.1, -0.05) is 48.0 Å². The Morgan fingerprint density at radius 3 is 2.72 bits per heavy atom. The van der Waals surface area contributed by atoms with Gasteiger partial charge in [0.25, 0.3) is 0 Å². The van der Waals surface area contributed by atoms with Crippen molar-refractivity contribution in [1.29, 1.82) is 0 Å². The van der Waals surface area contributed by atoms with Crippen LogP contribution in [-0.2, 0) is 13.0 Å². The minimum Gasteiger partial charge on any atom is -0.444 e. The fourth-order valence-electron chi connectivity index (χ4n) is 4.07. The SMILES string of the molecule is CN=C(NCc1coc(-c2ccc(C)cc2)n1)NCC1CCN(CCc2ccccc2)C1. The molecule has 32 heavy (non-hydrogen) atoms. The highest BCUT2D eigenvalue weighted by atomic mass is 16.3. The van der Waals surface area contributed by atoms with Crippen molar-refractivity contribution in [3.63, 3.8) is 0 Å². The summed E-state index contributed by atoms with van der Waals surface area (Å²) in [7, 11) is 1.80. The van der Waals surface area contributed by atoms with Gasteiger partial charge >= 0.3 is 0 Å². The number of nitrogens with one attached hydrogen (secondary N) is 2. The average molecular weight is 432 g/mol. The molecule has 1 fully saturated rings. The number of likely N-dealkylation sites (tertiary alicyclic amines) is 1. The molecule has 6 nitrogen and oxygen atoms in total. The molecule has 2 N–H and O–H groups in total. The standard InChI is InChI=1S/C26H33N5O/c1-20-8-10-23(11-9-20)25-30-24(19-32-25)17-29-26(27-2)28-16-22-13-15-31(18-22)14-12-21-6-4-3-5-7-21/h3-11,19,22H,12-18H2,1-2H3,(H2,27,28,29). The van der Waals surface area contributed by atoms with Gasteiger partial charge in [-0.3, -0.25) is 4.99 Å². The summed E-state index contributed by atoms with van der Waals surface area (Å²) in [6.07, 6.45) is 4.05. The highest BCUT2D eigenvalue weighted by Gasteiger charge is 2.22. The van der Waals surface area contributed by atoms with E-state index in [9.17, 15) is 0 Å². The number of aryl methyl sites for hydroxylation is 1. The van der Waals surface area contributed by atoms with Crippen molar-refractivity contribution in [3.8, 4) is 11.5 Å². The quantitative estimate of drug-likeness (QED) is 0.419. The maximum absolute atomic E-state index is 5.65. The lowest BCUT2D eigenvalue weighted by atomic mass is 10.1. The Morgan fingerprint density at radius 1 is 1.12 bits per heavy atom. The number of hydrogen-bond acceptors (Lipinski definition) is 4. The van der Waals surface area contributed by atoms with E-state index in [2.05, 4.69) is 74.9 Å². The van der Waals surface area contributed by atoms with Gasteiger partial charge in [-0.05, 0) is 49.9 Å². The predicted molar refractivity (Wildman–Crippen MR) is 130 cm³/mol. The van der Waals surface area contributed by atoms with E-state index in [-0.39, 0.29) is 0 Å². The third-order valence-corrected chi connectivity index (χ3v) is 6.00. The largest absolute Gasteiger partial charge is 0.444 e. The summed E-state index contributed by atoms with van der Waals surface area (Å²) in [6, 6.07) is 18.9. The van der Waals surface area contributed by atoms with Crippen LogP contribution in [0.1, 0.15) is 23.2 Å². The summed E-state index contributed by atoms with van der Waals surface area (Å²) in [4.78, 5) is 11.5. The van der Waals surface area contributed by atoms with Gasteiger partial charge in [-0.25, -0.2) is 4.98 Å². The summed E-state index contributed by atoms with van der Waals surface area (Å²) in [5.41, 5.74) is 4.48. The maximum Gasteiger partial charge on any atom is 0.226 e. The number of aromatic nitrogens is 1. The van der Waals surface area contributed by atoms with E-state index in [4.69, 9.17) is 4.42 Å². The van der Waals surface area contributed by atoms with Crippen molar-refractivity contribution in [1.82, 2.24) is 20.5 Å². The summed E-state index contributed by atoms with van der Waals surface area (Å²) >= 11 is 0. The molecule has 0 bridgehead atoms. The Bertz CT molecular complexity index is 997. The summed E-state index contributed by atoms with van der Waals surface area (Å²) in [5.74, 6) is 2.09. The predicted octanol–water partition coefficient (Wildman–Crippen LogP) is 3.88. The van der Waals surface area contributed by atoms with Crippen LogP contribution >= 0.6 is 0 Å². The molecule has 1 aliphatic rings. The van der Waals surface area contributed by atoms with E-state index < -0.39 is 0 Å². The molecule has 3 aromatic rings. The zero-order valence-electron chi connectivity index (χ0n) is 19.1. The number of hydrogen-bond donors (Lipinski definition) is 2. The molecule has 4 rings (SSSR count). The van der Waals surface area contributed by atoms with Crippen LogP contribution in [0.3, 0.4) is 0 Å². The normalized spacial score (nSPS) is 16.9. The minimum atomic E-state index is 0.572. The van der Waals surface area contributed by atoms with E-state index in [0.717, 1.165) is 43.3 Å². The summed E-state index contributed by atoms with van der Waals surface area (Å²) < 4.78 is 5.65. The Labute approximate surface area is 190 Å². The Balaban J connectivity index is 1.18. The molecular weight excluding hydrogens is 398 g/mol.